The Morgan fingerprint density at radius 2 is 2.17 bits per heavy atom. The highest BCUT2D eigenvalue weighted by molar-refractivity contribution is 6.16. The monoisotopic (exact) mass is 356 g/mol. The van der Waals surface area contributed by atoms with E-state index in [0.717, 1.165) is 44.3 Å². The zero-order valence-electron chi connectivity index (χ0n) is 14.2. The van der Waals surface area contributed by atoms with E-state index in [2.05, 4.69) is 19.9 Å². The molecule has 0 spiro atoms. The second-order valence-electron chi connectivity index (χ2n) is 5.55. The molecule has 0 atom stereocenters. The van der Waals surface area contributed by atoms with E-state index < -0.39 is 9.41 Å². The van der Waals surface area contributed by atoms with Gasteiger partial charge in [-0.15, -0.1) is 5.10 Å². The summed E-state index contributed by atoms with van der Waals surface area (Å²) in [5.74, 6) is -0.227. The van der Waals surface area contributed by atoms with Crippen molar-refractivity contribution in [1.82, 2.24) is 19.9 Å². The second-order valence-corrected chi connectivity index (χ2v) is 7.46. The smallest absolute Gasteiger partial charge is 0.305 e. The van der Waals surface area contributed by atoms with Crippen molar-refractivity contribution in [1.29, 1.82) is 0 Å². The van der Waals surface area contributed by atoms with E-state index in [0.29, 0.717) is 12.8 Å². The van der Waals surface area contributed by atoms with E-state index in [1.807, 2.05) is 10.9 Å². The maximum Gasteiger partial charge on any atom is 0.305 e. The van der Waals surface area contributed by atoms with Gasteiger partial charge in [0, 0.05) is 29.4 Å². The maximum atomic E-state index is 11.1. The van der Waals surface area contributed by atoms with Crippen molar-refractivity contribution in [3.8, 4) is 0 Å². The molecule has 0 amide bonds. The first-order chi connectivity index (χ1) is 11.2. The van der Waals surface area contributed by atoms with Crippen molar-refractivity contribution >= 4 is 25.6 Å². The molecule has 130 valence electrons. The van der Waals surface area contributed by atoms with Crippen LogP contribution in [-0.2, 0) is 27.0 Å². The Bertz CT molecular complexity index is 471. The molecular weight excluding hydrogens is 328 g/mol. The number of ether oxygens (including phenoxy) is 1. The molecule has 1 aromatic heterocycles. The molecule has 0 saturated carbocycles. The molecule has 1 heterocycles. The molecule has 0 aliphatic heterocycles. The number of nitrogens with zero attached hydrogens (tertiary/aromatic N) is 4. The largest absolute Gasteiger partial charge is 0.469 e. The molecule has 0 N–H and O–H groups in total. The molecular formula is C14H28N4O3Si2. The number of hydrogen-bond acceptors (Lipinski definition) is 6. The van der Waals surface area contributed by atoms with Gasteiger partial charge in [0.15, 0.2) is 0 Å². The lowest BCUT2D eigenvalue weighted by molar-refractivity contribution is -0.140. The van der Waals surface area contributed by atoms with Gasteiger partial charge >= 0.3 is 5.97 Å². The minimum absolute atomic E-state index is 0.227. The van der Waals surface area contributed by atoms with Crippen LogP contribution in [-0.4, -0.2) is 72.3 Å². The lowest BCUT2D eigenvalue weighted by atomic mass is 10.2. The van der Waals surface area contributed by atoms with E-state index >= 15 is 0 Å². The Hall–Kier alpha value is -1.20. The van der Waals surface area contributed by atoms with Crippen molar-refractivity contribution < 1.29 is 14.0 Å². The van der Waals surface area contributed by atoms with Crippen molar-refractivity contribution in [2.45, 2.75) is 44.3 Å². The third-order valence-electron chi connectivity index (χ3n) is 3.67. The lowest BCUT2D eigenvalue weighted by Gasteiger charge is -2.21. The number of aryl methyl sites for hydroxylation is 1. The number of carbonyl (C=O) groups is 1. The van der Waals surface area contributed by atoms with Gasteiger partial charge in [-0.3, -0.25) is 9.48 Å². The predicted octanol–water partition coefficient (Wildman–Crippen LogP) is -0.550. The number of hydrogen-bond donors (Lipinski definition) is 0. The van der Waals surface area contributed by atoms with E-state index in [9.17, 15) is 9.26 Å². The van der Waals surface area contributed by atoms with Gasteiger partial charge in [-0.1, -0.05) is 11.3 Å². The van der Waals surface area contributed by atoms with Crippen LogP contribution in [0.5, 0.6) is 0 Å². The third-order valence-corrected chi connectivity index (χ3v) is 5.02. The van der Waals surface area contributed by atoms with Gasteiger partial charge in [-0.2, -0.15) is 0 Å². The van der Waals surface area contributed by atoms with E-state index in [4.69, 9.17) is 0 Å². The molecule has 1 aromatic rings. The van der Waals surface area contributed by atoms with Crippen LogP contribution in [0.3, 0.4) is 0 Å². The van der Waals surface area contributed by atoms with E-state index in [-0.39, 0.29) is 5.97 Å². The minimum atomic E-state index is -0.630. The van der Waals surface area contributed by atoms with Crippen LogP contribution in [0, 0.1) is 0 Å². The Labute approximate surface area is 143 Å². The van der Waals surface area contributed by atoms with E-state index in [1.54, 1.807) is 0 Å². The van der Waals surface area contributed by atoms with Crippen LogP contribution in [0.4, 0.5) is 0 Å². The van der Waals surface area contributed by atoms with Gasteiger partial charge in [0.05, 0.1) is 25.8 Å². The number of aromatic nitrogens is 3. The van der Waals surface area contributed by atoms with Crippen LogP contribution in [0.2, 0.25) is 12.1 Å². The van der Waals surface area contributed by atoms with Crippen molar-refractivity contribution in [3.63, 3.8) is 0 Å². The molecule has 0 aliphatic carbocycles. The van der Waals surface area contributed by atoms with Gasteiger partial charge in [-0.25, -0.2) is 0 Å². The molecule has 0 aliphatic rings. The Balaban J connectivity index is 2.38. The molecule has 0 fully saturated rings. The minimum Gasteiger partial charge on any atom is -0.469 e. The summed E-state index contributed by atoms with van der Waals surface area (Å²) in [6.07, 6.45) is 5.03. The third kappa shape index (κ3) is 8.87. The normalized spacial score (nSPS) is 11.0. The predicted molar refractivity (Wildman–Crippen MR) is 93.4 cm³/mol. The average molecular weight is 357 g/mol. The van der Waals surface area contributed by atoms with Crippen molar-refractivity contribution in [3.05, 3.63) is 11.9 Å². The first kappa shape index (κ1) is 19.8. The second kappa shape index (κ2) is 12.3. The molecule has 23 heavy (non-hydrogen) atoms. The molecule has 9 heteroatoms. The molecule has 0 bridgehead atoms. The summed E-state index contributed by atoms with van der Waals surface area (Å²) in [4.78, 5) is 13.6. The fourth-order valence-corrected chi connectivity index (χ4v) is 2.92. The van der Waals surface area contributed by atoms with Gasteiger partial charge in [-0.05, 0) is 32.0 Å². The highest BCUT2D eigenvalue weighted by Crippen LogP contribution is 2.02. The van der Waals surface area contributed by atoms with Gasteiger partial charge in [0.25, 0.3) is 9.41 Å². The first-order valence-electron chi connectivity index (χ1n) is 8.31. The van der Waals surface area contributed by atoms with Crippen LogP contribution in [0.15, 0.2) is 6.20 Å². The standard InChI is InChI=1S/C14H28N4O3Si2/c1-21-14(19)5-4-13-12-18(16-15-13)9-8-17(6-2-10-22)7-3-11-23-20/h12,23H,2-11H2,1,22H3. The topological polar surface area (TPSA) is 77.3 Å². The quantitative estimate of drug-likeness (QED) is 0.268. The molecule has 0 aromatic carbocycles. The lowest BCUT2D eigenvalue weighted by Crippen LogP contribution is -2.30. The Morgan fingerprint density at radius 3 is 2.87 bits per heavy atom. The van der Waals surface area contributed by atoms with Gasteiger partial charge in [0.2, 0.25) is 0 Å². The van der Waals surface area contributed by atoms with Crippen LogP contribution < -0.4 is 0 Å². The average Bonchev–Trinajstić information content (AvgIpc) is 3.02. The Morgan fingerprint density at radius 1 is 1.39 bits per heavy atom. The van der Waals surface area contributed by atoms with E-state index in [1.165, 1.54) is 29.8 Å². The summed E-state index contributed by atoms with van der Waals surface area (Å²) in [7, 11) is 2.00. The first-order valence-corrected chi connectivity index (χ1v) is 11.0. The zero-order valence-corrected chi connectivity index (χ0v) is 17.4. The molecule has 0 unspecified atom stereocenters. The summed E-state index contributed by atoms with van der Waals surface area (Å²) in [6, 6.07) is 2.14. The van der Waals surface area contributed by atoms with Gasteiger partial charge < -0.3 is 14.1 Å². The molecule has 7 nitrogen and oxygen atoms in total. The molecule has 1 rings (SSSR count). The fraction of sp³-hybridized carbons (Fsp3) is 0.786. The summed E-state index contributed by atoms with van der Waals surface area (Å²) < 4.78 is 17.1. The zero-order chi connectivity index (χ0) is 16.9. The Kier molecular flexibility index (Phi) is 10.6. The number of carbonyl (C=O) groups excluding carboxylic acids is 1. The number of methoxy groups -OCH3 is 1. The van der Waals surface area contributed by atoms with Gasteiger partial charge in [0.1, 0.15) is 0 Å². The summed E-state index contributed by atoms with van der Waals surface area (Å²) in [6.45, 7) is 3.81. The highest BCUT2D eigenvalue weighted by Gasteiger charge is 2.08. The van der Waals surface area contributed by atoms with Crippen LogP contribution >= 0.6 is 0 Å². The highest BCUT2D eigenvalue weighted by atomic mass is 28.2. The summed E-state index contributed by atoms with van der Waals surface area (Å²) >= 11 is 0. The summed E-state index contributed by atoms with van der Waals surface area (Å²) in [5.41, 5.74) is 0.816. The molecule has 0 radical (unpaired) electrons. The number of rotatable bonds is 13. The molecule has 0 saturated heterocycles. The summed E-state index contributed by atoms with van der Waals surface area (Å²) in [5, 5.41) is 8.21. The number of esters is 1. The van der Waals surface area contributed by atoms with Crippen molar-refractivity contribution in [2.75, 3.05) is 26.7 Å². The maximum absolute atomic E-state index is 11.1. The van der Waals surface area contributed by atoms with Crippen molar-refractivity contribution in [2.24, 2.45) is 0 Å². The van der Waals surface area contributed by atoms with Crippen LogP contribution in [0.1, 0.15) is 25.0 Å². The SMILES string of the molecule is COC(=O)CCc1cn(CCN(CCC[SiH3])CCC[SiH]=O)nn1. The van der Waals surface area contributed by atoms with Crippen LogP contribution in [0.25, 0.3) is 0 Å². The fourth-order valence-electron chi connectivity index (χ4n) is 2.25.